The van der Waals surface area contributed by atoms with Gasteiger partial charge in [-0.15, -0.1) is 0 Å². The van der Waals surface area contributed by atoms with Crippen LogP contribution in [0.4, 0.5) is 0 Å². The second-order valence-electron chi connectivity index (χ2n) is 24.0. The van der Waals surface area contributed by atoms with Crippen LogP contribution >= 0.6 is 7.82 Å². The van der Waals surface area contributed by atoms with Crippen LogP contribution in [0.1, 0.15) is 290 Å². The van der Waals surface area contributed by atoms with Crippen LogP contribution in [0.15, 0.2) is 109 Å². The number of ether oxygens (including phenoxy) is 1. The van der Waals surface area contributed by atoms with Gasteiger partial charge in [0, 0.05) is 12.8 Å². The number of unbranched alkanes of at least 4 members (excludes halogenated alkanes) is 29. The molecular formula is C73H130N2O7P+. The Balaban J connectivity index is 5.19. The maximum absolute atomic E-state index is 13.6. The summed E-state index contributed by atoms with van der Waals surface area (Å²) in [5, 5.41) is 3.03. The van der Waals surface area contributed by atoms with Crippen molar-refractivity contribution in [1.82, 2.24) is 5.32 Å². The minimum Gasteiger partial charge on any atom is -0.456 e. The molecule has 9 nitrogen and oxygen atoms in total. The van der Waals surface area contributed by atoms with E-state index in [9.17, 15) is 19.0 Å². The molecule has 0 spiro atoms. The number of likely N-dealkylation sites (N-methyl/N-ethyl adjacent to an activating group) is 1. The van der Waals surface area contributed by atoms with E-state index in [0.717, 1.165) is 89.9 Å². The molecule has 478 valence electrons. The average Bonchev–Trinajstić information content (AvgIpc) is 3.47. The molecule has 83 heavy (non-hydrogen) atoms. The highest BCUT2D eigenvalue weighted by Gasteiger charge is 2.30. The van der Waals surface area contributed by atoms with Gasteiger partial charge in [-0.1, -0.05) is 272 Å². The molecule has 10 heteroatoms. The average molecular weight is 1180 g/mol. The molecule has 0 saturated carbocycles. The molecule has 3 unspecified atom stereocenters. The van der Waals surface area contributed by atoms with E-state index in [1.807, 2.05) is 33.3 Å². The molecule has 0 aromatic heterocycles. The molecule has 0 heterocycles. The molecule has 0 rings (SSSR count). The minimum absolute atomic E-state index is 0.0251. The van der Waals surface area contributed by atoms with Crippen LogP contribution in [-0.2, 0) is 27.9 Å². The van der Waals surface area contributed by atoms with Gasteiger partial charge in [0.25, 0.3) is 0 Å². The van der Waals surface area contributed by atoms with Crippen LogP contribution in [0.25, 0.3) is 0 Å². The van der Waals surface area contributed by atoms with E-state index in [0.29, 0.717) is 17.4 Å². The van der Waals surface area contributed by atoms with Gasteiger partial charge in [0.1, 0.15) is 19.3 Å². The van der Waals surface area contributed by atoms with Crippen LogP contribution in [-0.4, -0.2) is 74.3 Å². The van der Waals surface area contributed by atoms with Crippen LogP contribution < -0.4 is 5.32 Å². The maximum atomic E-state index is 13.6. The monoisotopic (exact) mass is 1180 g/mol. The highest BCUT2D eigenvalue weighted by molar-refractivity contribution is 7.47. The second kappa shape index (κ2) is 61.7. The lowest BCUT2D eigenvalue weighted by atomic mass is 10.0. The van der Waals surface area contributed by atoms with E-state index in [-0.39, 0.29) is 37.9 Å². The number of nitrogens with one attached hydrogen (secondary N) is 1. The number of nitrogens with zero attached hydrogens (tertiary/aromatic N) is 1. The summed E-state index contributed by atoms with van der Waals surface area (Å²) >= 11 is 0. The number of phosphoric ester groups is 1. The number of phosphoric acid groups is 1. The fourth-order valence-corrected chi connectivity index (χ4v) is 10.1. The van der Waals surface area contributed by atoms with Gasteiger partial charge >= 0.3 is 13.8 Å². The highest BCUT2D eigenvalue weighted by Crippen LogP contribution is 2.43. The predicted molar refractivity (Wildman–Crippen MR) is 360 cm³/mol. The van der Waals surface area contributed by atoms with Crippen molar-refractivity contribution in [3.63, 3.8) is 0 Å². The van der Waals surface area contributed by atoms with Crippen molar-refractivity contribution in [1.29, 1.82) is 0 Å². The molecule has 0 aliphatic carbocycles. The predicted octanol–water partition coefficient (Wildman–Crippen LogP) is 21.7. The standard InChI is InChI=1S/C73H129N2O7P/c1-7-10-13-16-19-22-25-28-30-32-33-34-35-36-37-38-39-40-41-43-45-48-51-54-57-60-63-66-73(77)82-71(64-61-58-55-52-49-46-27-24-21-18-15-12-9-3)70(69-81-83(78,79)80-68-67-75(4,5)6)74-72(76)65-62-59-56-53-50-47-44-42-31-29-26-23-20-17-14-11-8-2/h19-20,22-23,28-31,33-34,36-37,44,47,53,56,61,64,70-71H,7-18,21,24-27,32,35,38-43,45-46,48-52,54-55,57-60,62-63,65-69H2,1-6H3,(H-,74,76,78,79)/p+1/b22-19-,23-20-,30-28-,31-29-,34-33-,37-36-,47-44-,56-53-,64-61-. The lowest BCUT2D eigenvalue weighted by molar-refractivity contribution is -0.870. The number of amides is 1. The van der Waals surface area contributed by atoms with E-state index in [1.54, 1.807) is 0 Å². The van der Waals surface area contributed by atoms with Gasteiger partial charge in [-0.2, -0.15) is 0 Å². The second-order valence-corrected chi connectivity index (χ2v) is 25.4. The molecule has 2 N–H and O–H groups in total. The smallest absolute Gasteiger partial charge is 0.456 e. The molecule has 1 amide bonds. The number of carbonyl (C=O) groups is 2. The summed E-state index contributed by atoms with van der Waals surface area (Å²) in [7, 11) is 1.45. The van der Waals surface area contributed by atoms with Crippen molar-refractivity contribution in [2.24, 2.45) is 0 Å². The zero-order chi connectivity index (χ0) is 60.7. The molecule has 0 saturated heterocycles. The molecule has 0 bridgehead atoms. The van der Waals surface area contributed by atoms with E-state index in [2.05, 4.69) is 123 Å². The Bertz CT molecular complexity index is 1790. The fourth-order valence-electron chi connectivity index (χ4n) is 9.39. The number of rotatable bonds is 61. The molecule has 3 atom stereocenters. The number of allylic oxidation sites excluding steroid dienone is 17. The van der Waals surface area contributed by atoms with Crippen LogP contribution in [0.5, 0.6) is 0 Å². The zero-order valence-electron chi connectivity index (χ0n) is 54.7. The third-order valence-corrected chi connectivity index (χ3v) is 15.7. The third-order valence-electron chi connectivity index (χ3n) is 14.7. The SMILES string of the molecule is CCCCC/C=C\C/C=C\C/C=C\C/C=C\CCCCCCCCCCCCCC(=O)OC(/C=C\CCCCCCCCCCCCC)C(COP(=O)(O)OCC[N+](C)(C)C)NC(=O)CCC/C=C\C/C=C\C/C=C\C/C=C\CCCCC. The van der Waals surface area contributed by atoms with E-state index in [1.165, 1.54) is 161 Å². The Hall–Kier alpha value is -3.33. The van der Waals surface area contributed by atoms with E-state index >= 15 is 0 Å². The van der Waals surface area contributed by atoms with Crippen molar-refractivity contribution in [2.45, 2.75) is 303 Å². The Morgan fingerprint density at radius 1 is 0.422 bits per heavy atom. The van der Waals surface area contributed by atoms with Gasteiger partial charge in [-0.3, -0.25) is 18.6 Å². The summed E-state index contributed by atoms with van der Waals surface area (Å²) in [5.41, 5.74) is 0. The summed E-state index contributed by atoms with van der Waals surface area (Å²) in [5.74, 6) is -0.574. The van der Waals surface area contributed by atoms with Crippen LogP contribution in [0.3, 0.4) is 0 Å². The number of quaternary nitrogens is 1. The van der Waals surface area contributed by atoms with Gasteiger partial charge < -0.3 is 19.4 Å². The Morgan fingerprint density at radius 2 is 0.747 bits per heavy atom. The molecule has 0 aromatic carbocycles. The fraction of sp³-hybridized carbons (Fsp3) is 0.726. The van der Waals surface area contributed by atoms with E-state index < -0.39 is 20.0 Å². The van der Waals surface area contributed by atoms with Crippen LogP contribution in [0, 0.1) is 0 Å². The number of hydrogen-bond acceptors (Lipinski definition) is 6. The maximum Gasteiger partial charge on any atom is 0.472 e. The van der Waals surface area contributed by atoms with Gasteiger partial charge in [0.2, 0.25) is 5.91 Å². The number of esters is 1. The van der Waals surface area contributed by atoms with Gasteiger partial charge in [-0.05, 0) is 115 Å². The van der Waals surface area contributed by atoms with Crippen molar-refractivity contribution >= 4 is 19.7 Å². The first-order valence-corrected chi connectivity index (χ1v) is 35.7. The Morgan fingerprint density at radius 3 is 1.14 bits per heavy atom. The van der Waals surface area contributed by atoms with Crippen LogP contribution in [0.2, 0.25) is 0 Å². The quantitative estimate of drug-likeness (QED) is 0.0205. The summed E-state index contributed by atoms with van der Waals surface area (Å²) in [6.07, 6.45) is 85.3. The van der Waals surface area contributed by atoms with Gasteiger partial charge in [0.15, 0.2) is 0 Å². The first-order chi connectivity index (χ1) is 40.4. The van der Waals surface area contributed by atoms with Gasteiger partial charge in [0.05, 0.1) is 33.8 Å². The first kappa shape index (κ1) is 79.7. The Kier molecular flexibility index (Phi) is 59.3. The zero-order valence-corrected chi connectivity index (χ0v) is 55.6. The van der Waals surface area contributed by atoms with Crippen molar-refractivity contribution in [3.05, 3.63) is 109 Å². The molecule has 0 aromatic rings. The lowest BCUT2D eigenvalue weighted by Gasteiger charge is -2.27. The van der Waals surface area contributed by atoms with Crippen molar-refractivity contribution in [2.75, 3.05) is 40.9 Å². The topological polar surface area (TPSA) is 111 Å². The molecule has 0 fully saturated rings. The Labute approximate surface area is 512 Å². The van der Waals surface area contributed by atoms with Crippen molar-refractivity contribution < 1.29 is 37.3 Å². The molecular weight excluding hydrogens is 1050 g/mol. The van der Waals surface area contributed by atoms with Crippen molar-refractivity contribution in [3.8, 4) is 0 Å². The first-order valence-electron chi connectivity index (χ1n) is 34.2. The van der Waals surface area contributed by atoms with Gasteiger partial charge in [-0.25, -0.2) is 4.57 Å². The minimum atomic E-state index is -4.47. The van der Waals surface area contributed by atoms with E-state index in [4.69, 9.17) is 13.8 Å². The molecule has 0 aliphatic rings. The summed E-state index contributed by atoms with van der Waals surface area (Å²) < 4.78 is 30.7. The summed E-state index contributed by atoms with van der Waals surface area (Å²) in [6.45, 7) is 6.92. The normalized spacial score (nSPS) is 14.3. The summed E-state index contributed by atoms with van der Waals surface area (Å²) in [6, 6.07) is -0.885. The summed E-state index contributed by atoms with van der Waals surface area (Å²) in [4.78, 5) is 37.8. The lowest BCUT2D eigenvalue weighted by Crippen LogP contribution is -2.47. The molecule has 0 aliphatic heterocycles. The number of carbonyl (C=O) groups excluding carboxylic acids is 2. The third kappa shape index (κ3) is 63.0. The molecule has 0 radical (unpaired) electrons. The highest BCUT2D eigenvalue weighted by atomic mass is 31.2. The number of hydrogen-bond donors (Lipinski definition) is 2. The largest absolute Gasteiger partial charge is 0.472 e.